The highest BCUT2D eigenvalue weighted by Gasteiger charge is 2.41. The molecule has 0 heterocycles. The van der Waals surface area contributed by atoms with Gasteiger partial charge in [-0.25, -0.2) is 0 Å². The molecule has 1 amide bonds. The third kappa shape index (κ3) is 3.28. The number of hydrogen-bond donors (Lipinski definition) is 1. The van der Waals surface area contributed by atoms with Crippen molar-refractivity contribution in [3.05, 3.63) is 38.9 Å². The maximum atomic E-state index is 12.1. The number of carbonyl (C=O) groups excluding carboxylic acids is 1. The molecule has 1 aromatic carbocycles. The monoisotopic (exact) mass is 296 g/mol. The first-order valence-corrected chi connectivity index (χ1v) is 7.07. The van der Waals surface area contributed by atoms with E-state index in [-0.39, 0.29) is 27.6 Å². The van der Waals surface area contributed by atoms with Gasteiger partial charge in [0.15, 0.2) is 0 Å². The largest absolute Gasteiger partial charge is 0.351 e. The van der Waals surface area contributed by atoms with E-state index in [1.165, 1.54) is 18.2 Å². The number of nitrogens with one attached hydrogen (secondary N) is 1. The van der Waals surface area contributed by atoms with Crippen LogP contribution >= 0.6 is 11.6 Å². The van der Waals surface area contributed by atoms with Gasteiger partial charge in [-0.15, -0.1) is 0 Å². The Hall–Kier alpha value is -1.62. The minimum atomic E-state index is -0.535. The molecule has 1 fully saturated rings. The Balaban J connectivity index is 2.05. The van der Waals surface area contributed by atoms with Crippen molar-refractivity contribution < 1.29 is 9.72 Å². The van der Waals surface area contributed by atoms with Crippen LogP contribution in [0.5, 0.6) is 0 Å². The van der Waals surface area contributed by atoms with E-state index in [2.05, 4.69) is 12.2 Å². The lowest BCUT2D eigenvalue weighted by molar-refractivity contribution is -0.384. The van der Waals surface area contributed by atoms with Crippen LogP contribution in [0.1, 0.15) is 43.0 Å². The van der Waals surface area contributed by atoms with E-state index in [4.69, 9.17) is 11.6 Å². The lowest BCUT2D eigenvalue weighted by Gasteiger charge is -2.15. The van der Waals surface area contributed by atoms with E-state index < -0.39 is 4.92 Å². The lowest BCUT2D eigenvalue weighted by atomic mass is 10.0. The van der Waals surface area contributed by atoms with E-state index in [9.17, 15) is 14.9 Å². The van der Waals surface area contributed by atoms with Crippen LogP contribution in [-0.4, -0.2) is 17.4 Å². The molecule has 108 valence electrons. The van der Waals surface area contributed by atoms with Crippen molar-refractivity contribution >= 4 is 23.2 Å². The summed E-state index contributed by atoms with van der Waals surface area (Å²) >= 11 is 5.94. The summed E-state index contributed by atoms with van der Waals surface area (Å²) in [6.45, 7) is 2.73. The first-order chi connectivity index (χ1) is 9.47. The van der Waals surface area contributed by atoms with E-state index in [1.54, 1.807) is 0 Å². The van der Waals surface area contributed by atoms with Gasteiger partial charge in [-0.1, -0.05) is 24.9 Å². The number of non-ortho nitro benzene ring substituents is 1. The average Bonchev–Trinajstić information content (AvgIpc) is 3.17. The van der Waals surface area contributed by atoms with Crippen LogP contribution in [0.4, 0.5) is 5.69 Å². The van der Waals surface area contributed by atoms with Gasteiger partial charge in [-0.2, -0.15) is 0 Å². The third-order valence-electron chi connectivity index (χ3n) is 3.77. The molecule has 1 aromatic rings. The summed E-state index contributed by atoms with van der Waals surface area (Å²) in [7, 11) is 0. The number of carbonyl (C=O) groups is 1. The van der Waals surface area contributed by atoms with Gasteiger partial charge in [0.1, 0.15) is 0 Å². The summed E-state index contributed by atoms with van der Waals surface area (Å²) in [6.07, 6.45) is 4.44. The van der Waals surface area contributed by atoms with Crippen molar-refractivity contribution in [3.63, 3.8) is 0 Å². The second-order valence-electron chi connectivity index (χ2n) is 5.35. The van der Waals surface area contributed by atoms with E-state index in [0.717, 1.165) is 25.7 Å². The highest BCUT2D eigenvalue weighted by atomic mass is 35.5. The number of amides is 1. The van der Waals surface area contributed by atoms with Crippen LogP contribution in [0.25, 0.3) is 0 Å². The molecule has 0 aromatic heterocycles. The molecule has 1 aliphatic rings. The van der Waals surface area contributed by atoms with Gasteiger partial charge in [0.25, 0.3) is 11.6 Å². The smallest absolute Gasteiger partial charge is 0.270 e. The summed E-state index contributed by atoms with van der Waals surface area (Å²) in [4.78, 5) is 22.3. The van der Waals surface area contributed by atoms with Gasteiger partial charge in [-0.05, 0) is 30.7 Å². The summed E-state index contributed by atoms with van der Waals surface area (Å²) in [5, 5.41) is 13.8. The zero-order chi connectivity index (χ0) is 14.8. The Morgan fingerprint density at radius 1 is 1.50 bits per heavy atom. The summed E-state index contributed by atoms with van der Waals surface area (Å²) in [5.74, 6) is -0.346. The third-order valence-corrected chi connectivity index (χ3v) is 4.10. The number of hydrogen-bond acceptors (Lipinski definition) is 3. The van der Waals surface area contributed by atoms with E-state index >= 15 is 0 Å². The highest BCUT2D eigenvalue weighted by Crippen LogP contribution is 2.48. The van der Waals surface area contributed by atoms with Crippen LogP contribution in [-0.2, 0) is 0 Å². The Kier molecular flexibility index (Phi) is 4.28. The van der Waals surface area contributed by atoms with Gasteiger partial charge >= 0.3 is 0 Å². The molecular formula is C14H17ClN2O3. The summed E-state index contributed by atoms with van der Waals surface area (Å²) in [5.41, 5.74) is 0.264. The van der Waals surface area contributed by atoms with Gasteiger partial charge in [0.2, 0.25) is 0 Å². The molecule has 0 spiro atoms. The first-order valence-electron chi connectivity index (χ1n) is 6.69. The molecular weight excluding hydrogens is 280 g/mol. The Morgan fingerprint density at radius 2 is 2.20 bits per heavy atom. The maximum Gasteiger partial charge on any atom is 0.270 e. The van der Waals surface area contributed by atoms with Gasteiger partial charge < -0.3 is 5.32 Å². The molecule has 0 bridgehead atoms. The van der Waals surface area contributed by atoms with E-state index in [1.807, 2.05) is 0 Å². The van der Waals surface area contributed by atoms with Crippen molar-refractivity contribution in [1.29, 1.82) is 0 Å². The quantitative estimate of drug-likeness (QED) is 0.644. The molecule has 5 nitrogen and oxygen atoms in total. The van der Waals surface area contributed by atoms with Crippen molar-refractivity contribution in [1.82, 2.24) is 5.32 Å². The standard InChI is InChI=1S/C14H17ClN2O3/c1-2-5-14(6-7-14)9-16-13(18)11-8-10(17(19)20)3-4-12(11)15/h3-4,8H,2,5-7,9H2,1H3,(H,16,18). The molecule has 1 aliphatic carbocycles. The normalized spacial score (nSPS) is 15.7. The first kappa shape index (κ1) is 14.8. The zero-order valence-corrected chi connectivity index (χ0v) is 12.1. The summed E-state index contributed by atoms with van der Waals surface area (Å²) < 4.78 is 0. The van der Waals surface area contributed by atoms with E-state index in [0.29, 0.717) is 6.54 Å². The maximum absolute atomic E-state index is 12.1. The molecule has 2 rings (SSSR count). The molecule has 0 aliphatic heterocycles. The molecule has 6 heteroatoms. The molecule has 1 saturated carbocycles. The predicted octanol–water partition coefficient (Wildman–Crippen LogP) is 3.56. The molecule has 0 atom stereocenters. The Morgan fingerprint density at radius 3 is 2.75 bits per heavy atom. The fourth-order valence-corrected chi connectivity index (χ4v) is 2.59. The van der Waals surface area contributed by atoms with Crippen LogP contribution in [0.15, 0.2) is 18.2 Å². The second-order valence-corrected chi connectivity index (χ2v) is 5.76. The SMILES string of the molecule is CCCC1(CNC(=O)c2cc([N+](=O)[O-])ccc2Cl)CC1. The van der Waals surface area contributed by atoms with Gasteiger partial charge in [-0.3, -0.25) is 14.9 Å². The molecule has 0 saturated heterocycles. The number of nitro groups is 1. The number of rotatable bonds is 6. The second kappa shape index (κ2) is 5.79. The lowest BCUT2D eigenvalue weighted by Crippen LogP contribution is -2.30. The van der Waals surface area contributed by atoms with Crippen LogP contribution in [0, 0.1) is 15.5 Å². The average molecular weight is 297 g/mol. The Bertz CT molecular complexity index is 541. The molecule has 20 heavy (non-hydrogen) atoms. The topological polar surface area (TPSA) is 72.2 Å². The van der Waals surface area contributed by atoms with Gasteiger partial charge in [0, 0.05) is 18.7 Å². The number of nitro benzene ring substituents is 1. The molecule has 0 unspecified atom stereocenters. The number of halogens is 1. The zero-order valence-electron chi connectivity index (χ0n) is 11.3. The highest BCUT2D eigenvalue weighted by molar-refractivity contribution is 6.33. The number of nitrogens with zero attached hydrogens (tertiary/aromatic N) is 1. The van der Waals surface area contributed by atoms with Crippen molar-refractivity contribution in [2.24, 2.45) is 5.41 Å². The fraction of sp³-hybridized carbons (Fsp3) is 0.500. The Labute approximate surface area is 122 Å². The molecule has 1 N–H and O–H groups in total. The predicted molar refractivity (Wildman–Crippen MR) is 77.0 cm³/mol. The van der Waals surface area contributed by atoms with Crippen LogP contribution < -0.4 is 5.32 Å². The van der Waals surface area contributed by atoms with Crippen molar-refractivity contribution in [2.75, 3.05) is 6.54 Å². The minimum absolute atomic E-state index is 0.130. The van der Waals surface area contributed by atoms with Crippen molar-refractivity contribution in [3.8, 4) is 0 Å². The minimum Gasteiger partial charge on any atom is -0.351 e. The van der Waals surface area contributed by atoms with Gasteiger partial charge in [0.05, 0.1) is 15.5 Å². The number of benzene rings is 1. The van der Waals surface area contributed by atoms with Crippen LogP contribution in [0.3, 0.4) is 0 Å². The fourth-order valence-electron chi connectivity index (χ4n) is 2.39. The summed E-state index contributed by atoms with van der Waals surface area (Å²) in [6, 6.07) is 3.89. The van der Waals surface area contributed by atoms with Crippen LogP contribution in [0.2, 0.25) is 5.02 Å². The molecule has 0 radical (unpaired) electrons. The van der Waals surface area contributed by atoms with Crippen molar-refractivity contribution in [2.45, 2.75) is 32.6 Å².